The van der Waals surface area contributed by atoms with Crippen LogP contribution in [0.5, 0.6) is 11.5 Å². The first kappa shape index (κ1) is 32.4. The maximum absolute atomic E-state index is 6.83. The second kappa shape index (κ2) is 12.8. The van der Waals surface area contributed by atoms with Crippen LogP contribution in [-0.2, 0) is 0 Å². The van der Waals surface area contributed by atoms with Gasteiger partial charge in [-0.05, 0) is 76.0 Å². The van der Waals surface area contributed by atoms with Crippen molar-refractivity contribution in [1.82, 2.24) is 19.5 Å². The molecule has 1 aliphatic rings. The summed E-state index contributed by atoms with van der Waals surface area (Å²) in [5.74, 6) is 3.40. The lowest BCUT2D eigenvalue weighted by molar-refractivity contribution is 0.487. The first-order chi connectivity index (χ1) is 28.7. The Labute approximate surface area is 334 Å². The lowest BCUT2D eigenvalue weighted by Gasteiger charge is -2.23. The molecule has 0 atom stereocenters. The lowest BCUT2D eigenvalue weighted by atomic mass is 9.93. The molecule has 58 heavy (non-hydrogen) atoms. The molecule has 3 heterocycles. The van der Waals surface area contributed by atoms with E-state index < -0.39 is 0 Å². The van der Waals surface area contributed by atoms with Crippen LogP contribution >= 0.6 is 0 Å². The van der Waals surface area contributed by atoms with Gasteiger partial charge in [-0.3, -0.25) is 0 Å². The quantitative estimate of drug-likeness (QED) is 0.176. The maximum Gasteiger partial charge on any atom is 0.164 e. The van der Waals surface area contributed by atoms with E-state index in [9.17, 15) is 0 Å². The molecule has 0 aliphatic carbocycles. The Bertz CT molecular complexity index is 3430. The van der Waals surface area contributed by atoms with Gasteiger partial charge in [-0.1, -0.05) is 146 Å². The summed E-state index contributed by atoms with van der Waals surface area (Å²) in [7, 11) is 0. The minimum atomic E-state index is 0.582. The van der Waals surface area contributed by atoms with E-state index in [2.05, 4.69) is 162 Å². The molecule has 270 valence electrons. The fourth-order valence-corrected chi connectivity index (χ4v) is 8.68. The zero-order valence-corrected chi connectivity index (χ0v) is 31.2. The van der Waals surface area contributed by atoms with E-state index in [0.717, 1.165) is 66.9 Å². The largest absolute Gasteiger partial charge is 0.456 e. The van der Waals surface area contributed by atoms with Crippen molar-refractivity contribution in [2.24, 2.45) is 0 Å². The second-order valence-corrected chi connectivity index (χ2v) is 14.8. The number of fused-ring (bicyclic) bond motifs is 6. The van der Waals surface area contributed by atoms with Gasteiger partial charge in [0, 0.05) is 43.8 Å². The monoisotopic (exact) mass is 740 g/mol. The third-order valence-corrected chi connectivity index (χ3v) is 11.4. The van der Waals surface area contributed by atoms with Crippen LogP contribution in [0, 0.1) is 0 Å². The van der Waals surface area contributed by atoms with Gasteiger partial charge in [0.05, 0.1) is 16.7 Å². The van der Waals surface area contributed by atoms with Crippen molar-refractivity contribution in [1.29, 1.82) is 0 Å². The Morgan fingerprint density at radius 3 is 1.78 bits per heavy atom. The Balaban J connectivity index is 0.998. The van der Waals surface area contributed by atoms with E-state index in [1.165, 1.54) is 32.6 Å². The predicted molar refractivity (Wildman–Crippen MR) is 236 cm³/mol. The molecule has 9 aromatic carbocycles. The van der Waals surface area contributed by atoms with Gasteiger partial charge in [-0.25, -0.2) is 15.0 Å². The average Bonchev–Trinajstić information content (AvgIpc) is 3.61. The molecule has 1 aliphatic heterocycles. The fraction of sp³-hybridized carbons (Fsp3) is 0. The Kier molecular flexibility index (Phi) is 7.16. The van der Waals surface area contributed by atoms with Crippen LogP contribution in [0.1, 0.15) is 0 Å². The van der Waals surface area contributed by atoms with E-state index in [0.29, 0.717) is 17.5 Å². The summed E-state index contributed by atoms with van der Waals surface area (Å²) in [6.45, 7) is 0. The first-order valence-corrected chi connectivity index (χ1v) is 19.5. The normalized spacial score (nSPS) is 11.9. The molecule has 0 saturated carbocycles. The summed E-state index contributed by atoms with van der Waals surface area (Å²) >= 11 is 0. The highest BCUT2D eigenvalue weighted by Gasteiger charge is 2.24. The molecular weight excluding hydrogens is 709 g/mol. The molecular formula is C53H32N4O. The third kappa shape index (κ3) is 5.14. The first-order valence-electron chi connectivity index (χ1n) is 19.5. The van der Waals surface area contributed by atoms with Gasteiger partial charge in [0.15, 0.2) is 17.5 Å². The Hall–Kier alpha value is -7.89. The van der Waals surface area contributed by atoms with Crippen LogP contribution < -0.4 is 4.74 Å². The predicted octanol–water partition coefficient (Wildman–Crippen LogP) is 13.7. The minimum Gasteiger partial charge on any atom is -0.456 e. The van der Waals surface area contributed by atoms with Crippen molar-refractivity contribution in [3.8, 4) is 73.6 Å². The molecule has 11 aromatic rings. The zero-order valence-electron chi connectivity index (χ0n) is 31.2. The van der Waals surface area contributed by atoms with Gasteiger partial charge >= 0.3 is 0 Å². The summed E-state index contributed by atoms with van der Waals surface area (Å²) < 4.78 is 9.24. The van der Waals surface area contributed by atoms with Crippen LogP contribution in [0.25, 0.3) is 105 Å². The SMILES string of the molecule is c1ccc(-c2cccc(-c3nc(-c4ccccc4)nc(-c4ccc5c(c4)Oc4ccc(-n6c7ccccc7c7cc8ccccc8cc76)c6cccc-5c46)n3)c2)cc1. The average molecular weight is 741 g/mol. The van der Waals surface area contributed by atoms with Crippen LogP contribution in [0.4, 0.5) is 0 Å². The molecule has 12 rings (SSSR count). The van der Waals surface area contributed by atoms with Crippen LogP contribution in [0.3, 0.4) is 0 Å². The van der Waals surface area contributed by atoms with Gasteiger partial charge < -0.3 is 9.30 Å². The van der Waals surface area contributed by atoms with Gasteiger partial charge in [0.2, 0.25) is 0 Å². The van der Waals surface area contributed by atoms with Crippen LogP contribution in [0.2, 0.25) is 0 Å². The number of aromatic nitrogens is 4. The molecule has 0 bridgehead atoms. The van der Waals surface area contributed by atoms with E-state index in [1.807, 2.05) is 36.4 Å². The summed E-state index contributed by atoms with van der Waals surface area (Å²) in [6.07, 6.45) is 0. The number of nitrogens with zero attached hydrogens (tertiary/aromatic N) is 4. The van der Waals surface area contributed by atoms with Gasteiger partial charge in [0.25, 0.3) is 0 Å². The molecule has 0 N–H and O–H groups in total. The van der Waals surface area contributed by atoms with Gasteiger partial charge in [-0.2, -0.15) is 0 Å². The van der Waals surface area contributed by atoms with Crippen molar-refractivity contribution < 1.29 is 4.74 Å². The van der Waals surface area contributed by atoms with Crippen molar-refractivity contribution in [3.05, 3.63) is 194 Å². The van der Waals surface area contributed by atoms with Crippen molar-refractivity contribution in [3.63, 3.8) is 0 Å². The minimum absolute atomic E-state index is 0.582. The second-order valence-electron chi connectivity index (χ2n) is 14.8. The van der Waals surface area contributed by atoms with Crippen LogP contribution in [-0.4, -0.2) is 19.5 Å². The molecule has 0 fully saturated rings. The number of benzene rings is 9. The topological polar surface area (TPSA) is 52.8 Å². The van der Waals surface area contributed by atoms with Crippen molar-refractivity contribution in [2.45, 2.75) is 0 Å². The van der Waals surface area contributed by atoms with Crippen LogP contribution in [0.15, 0.2) is 194 Å². The molecule has 0 amide bonds. The van der Waals surface area contributed by atoms with E-state index in [-0.39, 0.29) is 0 Å². The highest BCUT2D eigenvalue weighted by Crippen LogP contribution is 2.49. The molecule has 0 unspecified atom stereocenters. The Morgan fingerprint density at radius 1 is 0.345 bits per heavy atom. The molecule has 5 nitrogen and oxygen atoms in total. The highest BCUT2D eigenvalue weighted by atomic mass is 16.5. The number of rotatable bonds is 5. The standard InChI is InChI=1S/C53H32N4O/c1-3-13-33(14-4-1)35-19-11-20-38(29-35)52-54-51(34-15-5-2-6-16-34)55-53(56-52)39-25-26-41-42-22-12-23-43-46(27-28-48(50(42)43)58-49(41)32-39)57-45-24-10-9-21-40(45)44-30-36-17-7-8-18-37(36)31-47(44)57/h1-32H. The molecule has 0 saturated heterocycles. The molecule has 2 aromatic heterocycles. The summed E-state index contributed by atoms with van der Waals surface area (Å²) in [6, 6.07) is 68.0. The summed E-state index contributed by atoms with van der Waals surface area (Å²) in [5.41, 5.74) is 10.6. The van der Waals surface area contributed by atoms with E-state index in [4.69, 9.17) is 19.7 Å². The fourth-order valence-electron chi connectivity index (χ4n) is 8.68. The van der Waals surface area contributed by atoms with Gasteiger partial charge in [-0.15, -0.1) is 0 Å². The number of ether oxygens (including phenoxy) is 1. The summed E-state index contributed by atoms with van der Waals surface area (Å²) in [5, 5.41) is 7.16. The van der Waals surface area contributed by atoms with E-state index in [1.54, 1.807) is 0 Å². The Morgan fingerprint density at radius 2 is 0.966 bits per heavy atom. The van der Waals surface area contributed by atoms with Crippen molar-refractivity contribution in [2.75, 3.05) is 0 Å². The lowest BCUT2D eigenvalue weighted by Crippen LogP contribution is -2.03. The van der Waals surface area contributed by atoms with E-state index >= 15 is 0 Å². The zero-order chi connectivity index (χ0) is 38.2. The smallest absolute Gasteiger partial charge is 0.164 e. The molecule has 0 radical (unpaired) electrons. The van der Waals surface area contributed by atoms with Gasteiger partial charge in [0.1, 0.15) is 11.5 Å². The van der Waals surface area contributed by atoms with Crippen molar-refractivity contribution >= 4 is 43.4 Å². The highest BCUT2D eigenvalue weighted by molar-refractivity contribution is 6.15. The number of para-hydroxylation sites is 1. The summed E-state index contributed by atoms with van der Waals surface area (Å²) in [4.78, 5) is 15.1. The maximum atomic E-state index is 6.83. The number of hydrogen-bond acceptors (Lipinski definition) is 4. The third-order valence-electron chi connectivity index (χ3n) is 11.4. The number of hydrogen-bond donors (Lipinski definition) is 0. The molecule has 0 spiro atoms. The molecule has 5 heteroatoms.